The van der Waals surface area contributed by atoms with E-state index in [1.54, 1.807) is 0 Å². The Hall–Kier alpha value is -2.04. The number of fused-ring (bicyclic) bond motifs is 1. The van der Waals surface area contributed by atoms with Crippen LogP contribution in [0.3, 0.4) is 0 Å². The number of hydrogen-bond acceptors (Lipinski definition) is 4. The van der Waals surface area contributed by atoms with Crippen LogP contribution in [0.15, 0.2) is 23.3 Å². The maximum atomic E-state index is 10.7. The highest BCUT2D eigenvalue weighted by Gasteiger charge is 2.13. The van der Waals surface area contributed by atoms with E-state index in [-0.39, 0.29) is 12.7 Å². The Morgan fingerprint density at radius 2 is 2.06 bits per heavy atom. The zero-order valence-corrected chi connectivity index (χ0v) is 9.11. The molecule has 0 radical (unpaired) electrons. The average molecular weight is 220 g/mol. The Labute approximate surface area is 93.1 Å². The van der Waals surface area contributed by atoms with Crippen molar-refractivity contribution in [3.05, 3.63) is 23.8 Å². The van der Waals surface area contributed by atoms with Crippen LogP contribution in [0.2, 0.25) is 0 Å². The molecular weight excluding hydrogens is 208 g/mol. The van der Waals surface area contributed by atoms with Crippen LogP contribution in [0.4, 0.5) is 0 Å². The van der Waals surface area contributed by atoms with Gasteiger partial charge in [0.2, 0.25) is 12.7 Å². The highest BCUT2D eigenvalue weighted by atomic mass is 16.7. The number of nitrogens with zero attached hydrogens (tertiary/aromatic N) is 1. The van der Waals surface area contributed by atoms with Crippen LogP contribution >= 0.6 is 0 Å². The number of amides is 1. The largest absolute Gasteiger partial charge is 0.454 e. The molecule has 1 aliphatic rings. The van der Waals surface area contributed by atoms with Gasteiger partial charge >= 0.3 is 0 Å². The fourth-order valence-electron chi connectivity index (χ4n) is 1.35. The third-order valence-electron chi connectivity index (χ3n) is 2.17. The van der Waals surface area contributed by atoms with Crippen molar-refractivity contribution in [3.63, 3.8) is 0 Å². The van der Waals surface area contributed by atoms with E-state index >= 15 is 0 Å². The molecule has 1 aliphatic heterocycles. The molecule has 0 aromatic heterocycles. The third-order valence-corrected chi connectivity index (χ3v) is 2.17. The van der Waals surface area contributed by atoms with Gasteiger partial charge in [0.25, 0.3) is 0 Å². The second-order valence-corrected chi connectivity index (χ2v) is 3.43. The lowest BCUT2D eigenvalue weighted by molar-refractivity contribution is -0.118. The smallest absolute Gasteiger partial charge is 0.236 e. The van der Waals surface area contributed by atoms with Crippen molar-refractivity contribution in [1.29, 1.82) is 0 Å². The second-order valence-electron chi connectivity index (χ2n) is 3.43. The van der Waals surface area contributed by atoms with E-state index in [2.05, 4.69) is 10.5 Å². The monoisotopic (exact) mass is 220 g/mol. The zero-order chi connectivity index (χ0) is 11.5. The standard InChI is InChI=1S/C11H12N2O3/c1-7(12-13-8(2)14)9-3-4-10-11(5-9)16-6-15-10/h3-5H,6H2,1-2H3,(H,13,14). The number of nitrogens with one attached hydrogen (secondary N) is 1. The van der Waals surface area contributed by atoms with Crippen molar-refractivity contribution in [2.75, 3.05) is 6.79 Å². The van der Waals surface area contributed by atoms with Crippen LogP contribution in [0, 0.1) is 0 Å². The molecule has 0 unspecified atom stereocenters. The molecule has 2 rings (SSSR count). The van der Waals surface area contributed by atoms with Gasteiger partial charge in [0.15, 0.2) is 11.5 Å². The summed E-state index contributed by atoms with van der Waals surface area (Å²) in [5.41, 5.74) is 3.99. The second kappa shape index (κ2) is 4.22. The highest BCUT2D eigenvalue weighted by molar-refractivity contribution is 5.99. The number of carbonyl (C=O) groups is 1. The average Bonchev–Trinajstić information content (AvgIpc) is 2.72. The summed E-state index contributed by atoms with van der Waals surface area (Å²) < 4.78 is 10.4. The Bertz CT molecular complexity index is 455. The molecule has 0 aliphatic carbocycles. The molecule has 84 valence electrons. The Kier molecular flexibility index (Phi) is 2.76. The van der Waals surface area contributed by atoms with Crippen LogP contribution in [0.25, 0.3) is 0 Å². The molecule has 5 heteroatoms. The van der Waals surface area contributed by atoms with E-state index in [9.17, 15) is 4.79 Å². The maximum absolute atomic E-state index is 10.7. The Morgan fingerprint density at radius 3 is 2.81 bits per heavy atom. The van der Waals surface area contributed by atoms with Gasteiger partial charge in [-0.2, -0.15) is 5.10 Å². The maximum Gasteiger partial charge on any atom is 0.236 e. The van der Waals surface area contributed by atoms with Gasteiger partial charge < -0.3 is 9.47 Å². The summed E-state index contributed by atoms with van der Waals surface area (Å²) in [6.45, 7) is 3.48. The minimum absolute atomic E-state index is 0.194. The van der Waals surface area contributed by atoms with Gasteiger partial charge in [-0.25, -0.2) is 5.43 Å². The number of rotatable bonds is 2. The summed E-state index contributed by atoms with van der Waals surface area (Å²) in [6.07, 6.45) is 0. The number of hydrogen-bond donors (Lipinski definition) is 1. The first-order chi connectivity index (χ1) is 7.66. The van der Waals surface area contributed by atoms with E-state index in [0.717, 1.165) is 11.3 Å². The topological polar surface area (TPSA) is 59.9 Å². The van der Waals surface area contributed by atoms with Gasteiger partial charge in [0.1, 0.15) is 0 Å². The van der Waals surface area contributed by atoms with Crippen molar-refractivity contribution in [2.45, 2.75) is 13.8 Å². The van der Waals surface area contributed by atoms with E-state index < -0.39 is 0 Å². The molecular formula is C11H12N2O3. The molecule has 0 spiro atoms. The van der Waals surface area contributed by atoms with Crippen molar-refractivity contribution >= 4 is 11.6 Å². The predicted molar refractivity (Wildman–Crippen MR) is 58.6 cm³/mol. The lowest BCUT2D eigenvalue weighted by Crippen LogP contribution is -2.14. The minimum Gasteiger partial charge on any atom is -0.454 e. The molecule has 1 aromatic carbocycles. The number of benzene rings is 1. The van der Waals surface area contributed by atoms with Gasteiger partial charge in [-0.05, 0) is 25.1 Å². The lowest BCUT2D eigenvalue weighted by Gasteiger charge is -2.02. The van der Waals surface area contributed by atoms with E-state index in [4.69, 9.17) is 9.47 Å². The summed E-state index contributed by atoms with van der Waals surface area (Å²) in [6, 6.07) is 5.53. The molecule has 0 saturated heterocycles. The van der Waals surface area contributed by atoms with Gasteiger partial charge in [-0.15, -0.1) is 0 Å². The predicted octanol–water partition coefficient (Wildman–Crippen LogP) is 1.28. The van der Waals surface area contributed by atoms with Crippen molar-refractivity contribution in [1.82, 2.24) is 5.43 Å². The van der Waals surface area contributed by atoms with Crippen LogP contribution in [0.1, 0.15) is 19.4 Å². The van der Waals surface area contributed by atoms with Gasteiger partial charge in [-0.3, -0.25) is 4.79 Å². The van der Waals surface area contributed by atoms with Crippen LogP contribution in [0.5, 0.6) is 11.5 Å². The summed E-state index contributed by atoms with van der Waals surface area (Å²) in [7, 11) is 0. The first kappa shape index (κ1) is 10.5. The van der Waals surface area contributed by atoms with Crippen LogP contribution < -0.4 is 14.9 Å². The zero-order valence-electron chi connectivity index (χ0n) is 9.11. The van der Waals surface area contributed by atoms with Crippen LogP contribution in [-0.2, 0) is 4.79 Å². The quantitative estimate of drug-likeness (QED) is 0.603. The van der Waals surface area contributed by atoms with Crippen molar-refractivity contribution < 1.29 is 14.3 Å². The molecule has 1 heterocycles. The molecule has 1 N–H and O–H groups in total. The fourth-order valence-corrected chi connectivity index (χ4v) is 1.35. The molecule has 0 saturated carbocycles. The molecule has 0 atom stereocenters. The van der Waals surface area contributed by atoms with E-state index in [1.807, 2.05) is 25.1 Å². The Morgan fingerprint density at radius 1 is 1.31 bits per heavy atom. The van der Waals surface area contributed by atoms with Gasteiger partial charge in [0, 0.05) is 12.5 Å². The fraction of sp³-hybridized carbons (Fsp3) is 0.273. The summed E-state index contributed by atoms with van der Waals surface area (Å²) in [5.74, 6) is 1.24. The highest BCUT2D eigenvalue weighted by Crippen LogP contribution is 2.32. The minimum atomic E-state index is -0.194. The SMILES string of the molecule is CC(=O)NN=C(C)c1ccc2c(c1)OCO2. The molecule has 0 bridgehead atoms. The molecule has 0 fully saturated rings. The van der Waals surface area contributed by atoms with E-state index in [0.29, 0.717) is 11.5 Å². The first-order valence-electron chi connectivity index (χ1n) is 4.87. The number of carbonyl (C=O) groups excluding carboxylic acids is 1. The third kappa shape index (κ3) is 2.13. The van der Waals surface area contributed by atoms with Gasteiger partial charge in [-0.1, -0.05) is 0 Å². The molecule has 1 amide bonds. The molecule has 16 heavy (non-hydrogen) atoms. The first-order valence-corrected chi connectivity index (χ1v) is 4.87. The van der Waals surface area contributed by atoms with Gasteiger partial charge in [0.05, 0.1) is 5.71 Å². The normalized spacial score (nSPS) is 13.8. The van der Waals surface area contributed by atoms with E-state index in [1.165, 1.54) is 6.92 Å². The number of hydrazone groups is 1. The summed E-state index contributed by atoms with van der Waals surface area (Å²) >= 11 is 0. The summed E-state index contributed by atoms with van der Waals surface area (Å²) in [5, 5.41) is 3.94. The number of ether oxygens (including phenoxy) is 2. The lowest BCUT2D eigenvalue weighted by atomic mass is 10.1. The summed E-state index contributed by atoms with van der Waals surface area (Å²) in [4.78, 5) is 10.7. The molecule has 1 aromatic rings. The van der Waals surface area contributed by atoms with Crippen molar-refractivity contribution in [2.24, 2.45) is 5.10 Å². The van der Waals surface area contributed by atoms with Crippen LogP contribution in [-0.4, -0.2) is 18.4 Å². The molecule has 5 nitrogen and oxygen atoms in total. The Balaban J connectivity index is 2.21. The van der Waals surface area contributed by atoms with Crippen molar-refractivity contribution in [3.8, 4) is 11.5 Å².